The third-order valence-corrected chi connectivity index (χ3v) is 8.38. The van der Waals surface area contributed by atoms with E-state index in [-0.39, 0.29) is 11.6 Å². The second-order valence-electron chi connectivity index (χ2n) is 11.6. The molecule has 0 spiro atoms. The number of carbonyl (C=O) groups is 2. The SMILES string of the molecule is O=C(c1ccc(C[n+]2ccc(-c3ccncc3)cc2)cc1)c1ccc(C(=O)c2ccc(C[n+]3ccc(-c4ccncc4)cc3)cc2)cc1. The predicted molar refractivity (Wildman–Crippen MR) is 184 cm³/mol. The molecule has 7 aromatic rings. The molecule has 4 heterocycles. The van der Waals surface area contributed by atoms with Crippen molar-refractivity contribution < 1.29 is 18.7 Å². The van der Waals surface area contributed by atoms with Crippen LogP contribution in [0, 0.1) is 0 Å². The van der Waals surface area contributed by atoms with Crippen LogP contribution in [0.4, 0.5) is 0 Å². The van der Waals surface area contributed by atoms with Crippen LogP contribution in [-0.4, -0.2) is 21.5 Å². The second-order valence-corrected chi connectivity index (χ2v) is 11.6. The Bertz CT molecular complexity index is 1990. The van der Waals surface area contributed by atoms with Crippen LogP contribution in [0.15, 0.2) is 171 Å². The first kappa shape index (κ1) is 30.3. The molecule has 0 unspecified atom stereocenters. The summed E-state index contributed by atoms with van der Waals surface area (Å²) in [4.78, 5) is 34.6. The number of ketones is 2. The van der Waals surface area contributed by atoms with Gasteiger partial charge in [0, 0.05) is 82.4 Å². The highest BCUT2D eigenvalue weighted by Gasteiger charge is 2.14. The largest absolute Gasteiger partial charge is 0.289 e. The Morgan fingerprint density at radius 2 is 0.646 bits per heavy atom. The Labute approximate surface area is 279 Å². The Kier molecular flexibility index (Phi) is 8.78. The molecule has 4 aromatic heterocycles. The van der Waals surface area contributed by atoms with Gasteiger partial charge in [-0.3, -0.25) is 19.6 Å². The van der Waals surface area contributed by atoms with Crippen LogP contribution in [0.3, 0.4) is 0 Å². The highest BCUT2D eigenvalue weighted by Crippen LogP contribution is 2.19. The van der Waals surface area contributed by atoms with Crippen LogP contribution >= 0.6 is 0 Å². The zero-order valence-electron chi connectivity index (χ0n) is 26.2. The first-order chi connectivity index (χ1) is 23.6. The molecule has 230 valence electrons. The fourth-order valence-corrected chi connectivity index (χ4v) is 5.65. The van der Waals surface area contributed by atoms with Crippen molar-refractivity contribution in [2.45, 2.75) is 13.1 Å². The lowest BCUT2D eigenvalue weighted by atomic mass is 9.97. The van der Waals surface area contributed by atoms with Gasteiger partial charge in [-0.05, 0) is 46.5 Å². The van der Waals surface area contributed by atoms with E-state index in [1.54, 1.807) is 49.1 Å². The first-order valence-corrected chi connectivity index (χ1v) is 15.8. The van der Waals surface area contributed by atoms with Crippen molar-refractivity contribution in [1.82, 2.24) is 9.97 Å². The number of nitrogens with zero attached hydrogens (tertiary/aromatic N) is 4. The zero-order valence-corrected chi connectivity index (χ0v) is 26.2. The molecule has 7 rings (SSSR count). The van der Waals surface area contributed by atoms with Gasteiger partial charge in [-0.1, -0.05) is 72.8 Å². The molecular formula is C42H32N4O2+2. The summed E-state index contributed by atoms with van der Waals surface area (Å²) in [6.07, 6.45) is 15.4. The minimum atomic E-state index is -0.0782. The highest BCUT2D eigenvalue weighted by atomic mass is 16.1. The Morgan fingerprint density at radius 3 is 0.958 bits per heavy atom. The molecule has 0 fully saturated rings. The predicted octanol–water partition coefficient (Wildman–Crippen LogP) is 6.94. The van der Waals surface area contributed by atoms with Crippen molar-refractivity contribution >= 4 is 11.6 Å². The molecule has 0 aliphatic rings. The maximum Gasteiger partial charge on any atom is 0.193 e. The number of hydrogen-bond donors (Lipinski definition) is 0. The third-order valence-electron chi connectivity index (χ3n) is 8.38. The van der Waals surface area contributed by atoms with Gasteiger partial charge in [-0.25, -0.2) is 9.13 Å². The van der Waals surface area contributed by atoms with E-state index in [9.17, 15) is 9.59 Å². The highest BCUT2D eigenvalue weighted by molar-refractivity contribution is 6.11. The van der Waals surface area contributed by atoms with Crippen LogP contribution in [0.2, 0.25) is 0 Å². The monoisotopic (exact) mass is 624 g/mol. The molecule has 0 aliphatic carbocycles. The molecule has 0 aliphatic heterocycles. The van der Waals surface area contributed by atoms with E-state index < -0.39 is 0 Å². The summed E-state index contributed by atoms with van der Waals surface area (Å²) in [6, 6.07) is 38.6. The smallest absolute Gasteiger partial charge is 0.193 e. The lowest BCUT2D eigenvalue weighted by molar-refractivity contribution is -0.688. The molecule has 0 N–H and O–H groups in total. The molecule has 3 aromatic carbocycles. The quantitative estimate of drug-likeness (QED) is 0.122. The van der Waals surface area contributed by atoms with Gasteiger partial charge >= 0.3 is 0 Å². The minimum absolute atomic E-state index is 0.0782. The molecule has 0 saturated heterocycles. The van der Waals surface area contributed by atoms with Crippen molar-refractivity contribution in [3.63, 3.8) is 0 Å². The first-order valence-electron chi connectivity index (χ1n) is 15.8. The lowest BCUT2D eigenvalue weighted by Crippen LogP contribution is -2.33. The van der Waals surface area contributed by atoms with Crippen molar-refractivity contribution in [1.29, 1.82) is 0 Å². The summed E-state index contributed by atoms with van der Waals surface area (Å²) in [5.41, 5.74) is 9.02. The molecule has 6 nitrogen and oxygen atoms in total. The van der Waals surface area contributed by atoms with Crippen LogP contribution in [0.5, 0.6) is 0 Å². The van der Waals surface area contributed by atoms with Gasteiger partial charge in [0.15, 0.2) is 49.4 Å². The van der Waals surface area contributed by atoms with Crippen LogP contribution in [0.1, 0.15) is 43.0 Å². The topological polar surface area (TPSA) is 67.7 Å². The standard InChI is InChI=1S/C42H32N4O2/c47-41(37-5-1-31(2-6-37)29-45-25-17-35(18-26-45)33-13-21-43-22-14-33)39-9-11-40(12-10-39)42(48)38-7-3-32(4-8-38)30-46-27-19-36(20-28-46)34-15-23-44-24-16-34/h1-28H,29-30H2/q+2. The van der Waals surface area contributed by atoms with E-state index in [4.69, 9.17) is 0 Å². The van der Waals surface area contributed by atoms with Gasteiger partial charge in [0.1, 0.15) is 0 Å². The average Bonchev–Trinajstić information content (AvgIpc) is 3.16. The Morgan fingerprint density at radius 1 is 0.375 bits per heavy atom. The molecule has 0 bridgehead atoms. The van der Waals surface area contributed by atoms with Crippen LogP contribution in [-0.2, 0) is 13.1 Å². The molecule has 0 saturated carbocycles. The van der Waals surface area contributed by atoms with E-state index in [0.717, 1.165) is 33.4 Å². The van der Waals surface area contributed by atoms with E-state index in [0.29, 0.717) is 35.3 Å². The number of pyridine rings is 4. The summed E-state index contributed by atoms with van der Waals surface area (Å²) in [6.45, 7) is 1.39. The fourth-order valence-electron chi connectivity index (χ4n) is 5.65. The van der Waals surface area contributed by atoms with Gasteiger partial charge in [-0.15, -0.1) is 0 Å². The van der Waals surface area contributed by atoms with E-state index >= 15 is 0 Å². The van der Waals surface area contributed by atoms with E-state index in [2.05, 4.69) is 68.2 Å². The summed E-state index contributed by atoms with van der Waals surface area (Å²) in [5.74, 6) is -0.156. The number of hydrogen-bond acceptors (Lipinski definition) is 4. The van der Waals surface area contributed by atoms with Gasteiger partial charge in [0.05, 0.1) is 0 Å². The molecule has 0 radical (unpaired) electrons. The van der Waals surface area contributed by atoms with Crippen molar-refractivity contribution in [3.05, 3.63) is 204 Å². The molecule has 0 amide bonds. The number of aromatic nitrogens is 4. The average molecular weight is 625 g/mol. The lowest BCUT2D eigenvalue weighted by Gasteiger charge is -2.06. The molecule has 6 heteroatoms. The number of benzene rings is 3. The van der Waals surface area contributed by atoms with Crippen molar-refractivity contribution in [2.75, 3.05) is 0 Å². The Hall–Kier alpha value is -6.40. The van der Waals surface area contributed by atoms with Gasteiger partial charge in [-0.2, -0.15) is 0 Å². The maximum absolute atomic E-state index is 13.2. The van der Waals surface area contributed by atoms with Crippen molar-refractivity contribution in [2.24, 2.45) is 0 Å². The fraction of sp³-hybridized carbons (Fsp3) is 0.0476. The van der Waals surface area contributed by atoms with Crippen molar-refractivity contribution in [3.8, 4) is 22.3 Å². The van der Waals surface area contributed by atoms with Crippen LogP contribution in [0.25, 0.3) is 22.3 Å². The van der Waals surface area contributed by atoms with Gasteiger partial charge in [0.25, 0.3) is 0 Å². The summed E-state index contributed by atoms with van der Waals surface area (Å²) in [7, 11) is 0. The Balaban J connectivity index is 0.948. The third kappa shape index (κ3) is 7.03. The zero-order chi connectivity index (χ0) is 32.7. The van der Waals surface area contributed by atoms with Gasteiger partial charge in [0.2, 0.25) is 0 Å². The second kappa shape index (κ2) is 13.9. The summed E-state index contributed by atoms with van der Waals surface area (Å²) < 4.78 is 4.21. The van der Waals surface area contributed by atoms with Crippen LogP contribution < -0.4 is 9.13 Å². The number of rotatable bonds is 10. The normalized spacial score (nSPS) is 10.8. The summed E-state index contributed by atoms with van der Waals surface area (Å²) >= 11 is 0. The molecular weight excluding hydrogens is 592 g/mol. The van der Waals surface area contributed by atoms with E-state index in [1.165, 1.54) is 0 Å². The molecule has 0 atom stereocenters. The molecule has 48 heavy (non-hydrogen) atoms. The summed E-state index contributed by atoms with van der Waals surface area (Å²) in [5, 5.41) is 0. The minimum Gasteiger partial charge on any atom is -0.289 e. The van der Waals surface area contributed by atoms with Gasteiger partial charge < -0.3 is 0 Å². The number of carbonyl (C=O) groups excluding carboxylic acids is 2. The maximum atomic E-state index is 13.2. The van der Waals surface area contributed by atoms with E-state index in [1.807, 2.05) is 72.8 Å².